The van der Waals surface area contributed by atoms with Gasteiger partial charge in [0.2, 0.25) is 0 Å². The SMILES string of the molecule is O=C(O)c1ccsc1C=CCCBr. The maximum Gasteiger partial charge on any atom is 0.337 e. The van der Waals surface area contributed by atoms with Crippen molar-refractivity contribution in [2.75, 3.05) is 5.33 Å². The van der Waals surface area contributed by atoms with Crippen molar-refractivity contribution in [1.82, 2.24) is 0 Å². The van der Waals surface area contributed by atoms with Gasteiger partial charge in [-0.05, 0) is 23.9 Å². The van der Waals surface area contributed by atoms with Gasteiger partial charge in [0.05, 0.1) is 5.56 Å². The van der Waals surface area contributed by atoms with E-state index in [2.05, 4.69) is 15.9 Å². The van der Waals surface area contributed by atoms with Crippen LogP contribution in [-0.2, 0) is 0 Å². The van der Waals surface area contributed by atoms with Crippen LogP contribution in [0.25, 0.3) is 6.08 Å². The number of thiophene rings is 1. The fraction of sp³-hybridized carbons (Fsp3) is 0.222. The number of allylic oxidation sites excluding steroid dienone is 1. The fourth-order valence-electron chi connectivity index (χ4n) is 0.880. The minimum absolute atomic E-state index is 0.385. The summed E-state index contributed by atoms with van der Waals surface area (Å²) < 4.78 is 0. The topological polar surface area (TPSA) is 37.3 Å². The lowest BCUT2D eigenvalue weighted by molar-refractivity contribution is 0.0697. The number of carbonyl (C=O) groups is 1. The van der Waals surface area contributed by atoms with Crippen LogP contribution in [0.15, 0.2) is 17.5 Å². The highest BCUT2D eigenvalue weighted by Gasteiger charge is 2.07. The van der Waals surface area contributed by atoms with Crippen molar-refractivity contribution < 1.29 is 9.90 Å². The van der Waals surface area contributed by atoms with Crippen LogP contribution in [0, 0.1) is 0 Å². The van der Waals surface area contributed by atoms with E-state index in [1.54, 1.807) is 11.4 Å². The third-order valence-electron chi connectivity index (χ3n) is 1.47. The number of halogens is 1. The summed E-state index contributed by atoms with van der Waals surface area (Å²) in [6, 6.07) is 1.63. The number of hydrogen-bond donors (Lipinski definition) is 1. The fourth-order valence-corrected chi connectivity index (χ4v) is 1.95. The second-order valence-corrected chi connectivity index (χ2v) is 4.12. The summed E-state index contributed by atoms with van der Waals surface area (Å²) in [5.41, 5.74) is 0.385. The summed E-state index contributed by atoms with van der Waals surface area (Å²) in [7, 11) is 0. The minimum atomic E-state index is -0.861. The first-order chi connectivity index (χ1) is 6.25. The average molecular weight is 261 g/mol. The van der Waals surface area contributed by atoms with Gasteiger partial charge >= 0.3 is 5.97 Å². The van der Waals surface area contributed by atoms with Crippen LogP contribution in [0.5, 0.6) is 0 Å². The molecule has 2 nitrogen and oxygen atoms in total. The van der Waals surface area contributed by atoms with E-state index < -0.39 is 5.97 Å². The van der Waals surface area contributed by atoms with Crippen LogP contribution < -0.4 is 0 Å². The third kappa shape index (κ3) is 2.97. The molecule has 0 aliphatic rings. The molecule has 1 rings (SSSR count). The largest absolute Gasteiger partial charge is 0.478 e. The molecule has 0 amide bonds. The molecule has 70 valence electrons. The Balaban J connectivity index is 2.76. The number of aromatic carboxylic acids is 1. The minimum Gasteiger partial charge on any atom is -0.478 e. The molecule has 0 radical (unpaired) electrons. The summed E-state index contributed by atoms with van der Waals surface area (Å²) in [6.07, 6.45) is 4.74. The molecule has 0 aliphatic carbocycles. The van der Waals surface area contributed by atoms with Gasteiger partial charge in [0, 0.05) is 10.2 Å². The molecule has 0 aromatic carbocycles. The third-order valence-corrected chi connectivity index (χ3v) is 2.81. The molecule has 1 aromatic rings. The Kier molecular flexibility index (Phi) is 4.18. The summed E-state index contributed by atoms with van der Waals surface area (Å²) >= 11 is 4.74. The van der Waals surface area contributed by atoms with E-state index >= 15 is 0 Å². The predicted molar refractivity (Wildman–Crippen MR) is 58.7 cm³/mol. The van der Waals surface area contributed by atoms with Crippen LogP contribution in [0.2, 0.25) is 0 Å². The average Bonchev–Trinajstić information content (AvgIpc) is 2.53. The first kappa shape index (κ1) is 10.5. The van der Waals surface area contributed by atoms with Crippen LogP contribution in [0.1, 0.15) is 21.7 Å². The normalized spacial score (nSPS) is 10.8. The first-order valence-corrected chi connectivity index (χ1v) is 5.79. The van der Waals surface area contributed by atoms with Gasteiger partial charge in [-0.2, -0.15) is 0 Å². The lowest BCUT2D eigenvalue weighted by Gasteiger charge is -1.90. The van der Waals surface area contributed by atoms with E-state index in [4.69, 9.17) is 5.11 Å². The molecule has 0 atom stereocenters. The number of carboxylic acids is 1. The number of carboxylic acid groups (broad SMARTS) is 1. The summed E-state index contributed by atoms with van der Waals surface area (Å²) in [5.74, 6) is -0.861. The number of alkyl halides is 1. The van der Waals surface area contributed by atoms with Crippen LogP contribution in [-0.4, -0.2) is 16.4 Å². The van der Waals surface area contributed by atoms with Crippen molar-refractivity contribution in [1.29, 1.82) is 0 Å². The highest BCUT2D eigenvalue weighted by atomic mass is 79.9. The van der Waals surface area contributed by atoms with Crippen molar-refractivity contribution in [3.63, 3.8) is 0 Å². The van der Waals surface area contributed by atoms with E-state index in [0.29, 0.717) is 5.56 Å². The molecule has 0 fully saturated rings. The molecule has 0 spiro atoms. The van der Waals surface area contributed by atoms with Gasteiger partial charge in [-0.1, -0.05) is 22.0 Å². The number of hydrogen-bond acceptors (Lipinski definition) is 2. The number of rotatable bonds is 4. The zero-order chi connectivity index (χ0) is 9.68. The highest BCUT2D eigenvalue weighted by molar-refractivity contribution is 9.09. The van der Waals surface area contributed by atoms with E-state index in [-0.39, 0.29) is 0 Å². The van der Waals surface area contributed by atoms with Gasteiger partial charge in [0.15, 0.2) is 0 Å². The van der Waals surface area contributed by atoms with Crippen molar-refractivity contribution in [2.45, 2.75) is 6.42 Å². The van der Waals surface area contributed by atoms with Crippen LogP contribution in [0.4, 0.5) is 0 Å². The monoisotopic (exact) mass is 260 g/mol. The molecular formula is C9H9BrO2S. The summed E-state index contributed by atoms with van der Waals surface area (Å²) in [5, 5.41) is 11.5. The molecule has 1 heterocycles. The summed E-state index contributed by atoms with van der Waals surface area (Å²) in [4.78, 5) is 11.5. The molecule has 4 heteroatoms. The molecular weight excluding hydrogens is 252 g/mol. The maximum atomic E-state index is 10.7. The van der Waals surface area contributed by atoms with Gasteiger partial charge in [-0.25, -0.2) is 4.79 Å². The second kappa shape index (κ2) is 5.19. The van der Waals surface area contributed by atoms with Gasteiger partial charge in [-0.3, -0.25) is 0 Å². The van der Waals surface area contributed by atoms with Gasteiger partial charge in [0.25, 0.3) is 0 Å². The summed E-state index contributed by atoms with van der Waals surface area (Å²) in [6.45, 7) is 0. The van der Waals surface area contributed by atoms with E-state index in [1.165, 1.54) is 11.3 Å². The Labute approximate surface area is 89.0 Å². The molecule has 0 bridgehead atoms. The van der Waals surface area contributed by atoms with Gasteiger partial charge in [0.1, 0.15) is 0 Å². The molecule has 0 saturated heterocycles. The van der Waals surface area contributed by atoms with Crippen molar-refractivity contribution in [3.05, 3.63) is 28.0 Å². The lowest BCUT2D eigenvalue weighted by Crippen LogP contribution is -1.94. The quantitative estimate of drug-likeness (QED) is 0.845. The van der Waals surface area contributed by atoms with E-state index in [9.17, 15) is 4.79 Å². The smallest absolute Gasteiger partial charge is 0.337 e. The molecule has 0 unspecified atom stereocenters. The van der Waals surface area contributed by atoms with Gasteiger partial charge < -0.3 is 5.11 Å². The van der Waals surface area contributed by atoms with Crippen molar-refractivity contribution in [3.8, 4) is 0 Å². The molecule has 1 aromatic heterocycles. The zero-order valence-electron chi connectivity index (χ0n) is 6.87. The Bertz CT molecular complexity index is 317. The van der Waals surface area contributed by atoms with Crippen LogP contribution in [0.3, 0.4) is 0 Å². The van der Waals surface area contributed by atoms with Gasteiger partial charge in [-0.15, -0.1) is 11.3 Å². The lowest BCUT2D eigenvalue weighted by atomic mass is 10.2. The highest BCUT2D eigenvalue weighted by Crippen LogP contribution is 2.18. The predicted octanol–water partition coefficient (Wildman–Crippen LogP) is 3.24. The van der Waals surface area contributed by atoms with Crippen LogP contribution >= 0.6 is 27.3 Å². The van der Waals surface area contributed by atoms with E-state index in [1.807, 2.05) is 12.2 Å². The maximum absolute atomic E-state index is 10.7. The Morgan fingerprint density at radius 2 is 2.46 bits per heavy atom. The zero-order valence-corrected chi connectivity index (χ0v) is 9.27. The Morgan fingerprint density at radius 1 is 1.69 bits per heavy atom. The molecule has 13 heavy (non-hydrogen) atoms. The second-order valence-electron chi connectivity index (χ2n) is 2.38. The Morgan fingerprint density at radius 3 is 3.08 bits per heavy atom. The van der Waals surface area contributed by atoms with E-state index in [0.717, 1.165) is 16.6 Å². The Hall–Kier alpha value is -0.610. The molecule has 0 aliphatic heterocycles. The molecule has 0 saturated carbocycles. The van der Waals surface area contributed by atoms with Crippen molar-refractivity contribution in [2.24, 2.45) is 0 Å². The standard InChI is InChI=1S/C9H9BrO2S/c10-5-2-1-3-8-7(9(11)12)4-6-13-8/h1,3-4,6H,2,5H2,(H,11,12). The molecule has 1 N–H and O–H groups in total. The first-order valence-electron chi connectivity index (χ1n) is 3.79. The van der Waals surface area contributed by atoms with Crippen molar-refractivity contribution >= 4 is 39.3 Å².